The highest BCUT2D eigenvalue weighted by Crippen LogP contribution is 2.53. The van der Waals surface area contributed by atoms with Crippen LogP contribution in [-0.4, -0.2) is 12.2 Å². The Kier molecular flexibility index (Phi) is 2.63. The summed E-state index contributed by atoms with van der Waals surface area (Å²) in [5.74, 6) is 0. The summed E-state index contributed by atoms with van der Waals surface area (Å²) in [6.45, 7) is 16.6. The van der Waals surface area contributed by atoms with Crippen molar-refractivity contribution in [2.75, 3.05) is 6.61 Å². The first kappa shape index (κ1) is 11.5. The Morgan fingerprint density at radius 2 is 1.57 bits per heavy atom. The van der Waals surface area contributed by atoms with E-state index < -0.39 is 0 Å². The van der Waals surface area contributed by atoms with Gasteiger partial charge in [-0.3, -0.25) is 0 Å². The predicted molar refractivity (Wildman–Crippen MR) is 57.7 cm³/mol. The summed E-state index contributed by atoms with van der Waals surface area (Å²) in [4.78, 5) is 10.5. The van der Waals surface area contributed by atoms with E-state index in [0.29, 0.717) is 6.61 Å². The molecule has 2 nitrogen and oxygen atoms in total. The summed E-state index contributed by atoms with van der Waals surface area (Å²) >= 11 is 0. The SMILES string of the molecule is C=CC1(C=C)COOC(C)(C)C1(C)C. The lowest BCUT2D eigenvalue weighted by Crippen LogP contribution is -2.57. The van der Waals surface area contributed by atoms with E-state index in [-0.39, 0.29) is 16.4 Å². The molecule has 80 valence electrons. The van der Waals surface area contributed by atoms with Crippen LogP contribution in [0.2, 0.25) is 0 Å². The lowest BCUT2D eigenvalue weighted by Gasteiger charge is -2.54. The molecule has 0 amide bonds. The van der Waals surface area contributed by atoms with Gasteiger partial charge in [0.15, 0.2) is 0 Å². The largest absolute Gasteiger partial charge is 0.235 e. The van der Waals surface area contributed by atoms with E-state index in [0.717, 1.165) is 0 Å². The maximum absolute atomic E-state index is 5.34. The van der Waals surface area contributed by atoms with Gasteiger partial charge < -0.3 is 0 Å². The fourth-order valence-corrected chi connectivity index (χ4v) is 1.83. The lowest BCUT2D eigenvalue weighted by molar-refractivity contribution is -0.424. The van der Waals surface area contributed by atoms with E-state index in [9.17, 15) is 0 Å². The molecule has 1 fully saturated rings. The maximum atomic E-state index is 5.34. The van der Waals surface area contributed by atoms with Crippen LogP contribution in [0.1, 0.15) is 27.7 Å². The van der Waals surface area contributed by atoms with Crippen LogP contribution in [0.3, 0.4) is 0 Å². The summed E-state index contributed by atoms with van der Waals surface area (Å²) in [5.41, 5.74) is -0.676. The third kappa shape index (κ3) is 1.25. The molecule has 0 unspecified atom stereocenters. The zero-order valence-electron chi connectivity index (χ0n) is 9.59. The Labute approximate surface area is 86.5 Å². The van der Waals surface area contributed by atoms with Crippen molar-refractivity contribution < 1.29 is 9.78 Å². The molecule has 0 bridgehead atoms. The molecular weight excluding hydrogens is 176 g/mol. The molecule has 1 saturated heterocycles. The zero-order chi connectivity index (χ0) is 11.0. The Hall–Kier alpha value is -0.600. The first-order valence-corrected chi connectivity index (χ1v) is 4.91. The van der Waals surface area contributed by atoms with E-state index in [1.54, 1.807) is 0 Å². The highest BCUT2D eigenvalue weighted by Gasteiger charge is 2.55. The molecule has 0 radical (unpaired) electrons. The van der Waals surface area contributed by atoms with E-state index in [1.807, 2.05) is 26.0 Å². The topological polar surface area (TPSA) is 18.5 Å². The molecule has 0 aromatic rings. The van der Waals surface area contributed by atoms with Crippen molar-refractivity contribution in [1.29, 1.82) is 0 Å². The highest BCUT2D eigenvalue weighted by atomic mass is 17.2. The van der Waals surface area contributed by atoms with E-state index in [4.69, 9.17) is 9.78 Å². The highest BCUT2D eigenvalue weighted by molar-refractivity contribution is 5.18. The molecule has 2 heteroatoms. The predicted octanol–water partition coefficient (Wildman–Crippen LogP) is 3.11. The van der Waals surface area contributed by atoms with Gasteiger partial charge in [-0.2, -0.15) is 0 Å². The summed E-state index contributed by atoms with van der Waals surface area (Å²) in [6, 6.07) is 0. The maximum Gasteiger partial charge on any atom is 0.104 e. The fourth-order valence-electron chi connectivity index (χ4n) is 1.83. The van der Waals surface area contributed by atoms with Crippen LogP contribution in [0.15, 0.2) is 25.3 Å². The fraction of sp³-hybridized carbons (Fsp3) is 0.667. The van der Waals surface area contributed by atoms with Crippen molar-refractivity contribution in [1.82, 2.24) is 0 Å². The third-order valence-electron chi connectivity index (χ3n) is 3.96. The normalized spacial score (nSPS) is 28.0. The van der Waals surface area contributed by atoms with Crippen LogP contribution in [0.25, 0.3) is 0 Å². The monoisotopic (exact) mass is 196 g/mol. The molecule has 0 N–H and O–H groups in total. The Morgan fingerprint density at radius 3 is 1.93 bits per heavy atom. The summed E-state index contributed by atoms with van der Waals surface area (Å²) in [7, 11) is 0. The van der Waals surface area contributed by atoms with Crippen molar-refractivity contribution in [2.24, 2.45) is 10.8 Å². The van der Waals surface area contributed by atoms with Crippen LogP contribution < -0.4 is 0 Å². The minimum atomic E-state index is -0.354. The molecule has 0 spiro atoms. The van der Waals surface area contributed by atoms with Gasteiger partial charge in [-0.1, -0.05) is 26.0 Å². The van der Waals surface area contributed by atoms with Crippen molar-refractivity contribution in [3.05, 3.63) is 25.3 Å². The molecule has 1 aliphatic heterocycles. The average molecular weight is 196 g/mol. The minimum Gasteiger partial charge on any atom is -0.235 e. The second kappa shape index (κ2) is 3.21. The van der Waals surface area contributed by atoms with Gasteiger partial charge in [0.05, 0.1) is 6.61 Å². The van der Waals surface area contributed by atoms with Crippen molar-refractivity contribution in [3.63, 3.8) is 0 Å². The second-order valence-electron chi connectivity index (χ2n) is 4.93. The second-order valence-corrected chi connectivity index (χ2v) is 4.93. The first-order valence-electron chi connectivity index (χ1n) is 4.91. The Bertz CT molecular complexity index is 243. The number of hydrogen-bond acceptors (Lipinski definition) is 2. The molecule has 0 aromatic heterocycles. The number of rotatable bonds is 2. The van der Waals surface area contributed by atoms with Crippen molar-refractivity contribution in [3.8, 4) is 0 Å². The minimum absolute atomic E-state index is 0.0955. The van der Waals surface area contributed by atoms with Gasteiger partial charge in [0.25, 0.3) is 0 Å². The summed E-state index contributed by atoms with van der Waals surface area (Å²) < 4.78 is 0. The van der Waals surface area contributed by atoms with Gasteiger partial charge in [-0.25, -0.2) is 9.78 Å². The van der Waals surface area contributed by atoms with Crippen molar-refractivity contribution in [2.45, 2.75) is 33.3 Å². The standard InChI is InChI=1S/C12H20O2/c1-7-12(8-2)9-13-14-11(5,6)10(12,3)4/h7-8H,1-2,9H2,3-6H3. The molecule has 14 heavy (non-hydrogen) atoms. The van der Waals surface area contributed by atoms with E-state index >= 15 is 0 Å². The first-order chi connectivity index (χ1) is 6.33. The molecule has 0 atom stereocenters. The van der Waals surface area contributed by atoms with Crippen molar-refractivity contribution >= 4 is 0 Å². The summed E-state index contributed by atoms with van der Waals surface area (Å²) in [5, 5.41) is 0. The van der Waals surface area contributed by atoms with Gasteiger partial charge in [-0.05, 0) is 13.8 Å². The van der Waals surface area contributed by atoms with Gasteiger partial charge in [0.2, 0.25) is 0 Å². The van der Waals surface area contributed by atoms with Crippen LogP contribution in [0.5, 0.6) is 0 Å². The van der Waals surface area contributed by atoms with Crippen LogP contribution in [0, 0.1) is 10.8 Å². The molecule has 0 aromatic carbocycles. The van der Waals surface area contributed by atoms with E-state index in [2.05, 4.69) is 27.0 Å². The van der Waals surface area contributed by atoms with Crippen LogP contribution >= 0.6 is 0 Å². The van der Waals surface area contributed by atoms with Gasteiger partial charge in [0.1, 0.15) is 5.60 Å². The zero-order valence-corrected chi connectivity index (χ0v) is 9.59. The number of hydrogen-bond donors (Lipinski definition) is 0. The lowest BCUT2D eigenvalue weighted by atomic mass is 9.58. The van der Waals surface area contributed by atoms with Gasteiger partial charge in [-0.15, -0.1) is 13.2 Å². The average Bonchev–Trinajstić information content (AvgIpc) is 2.10. The van der Waals surface area contributed by atoms with E-state index in [1.165, 1.54) is 0 Å². The van der Waals surface area contributed by atoms with Gasteiger partial charge in [0, 0.05) is 10.8 Å². The van der Waals surface area contributed by atoms with Crippen LogP contribution in [-0.2, 0) is 9.78 Å². The smallest absolute Gasteiger partial charge is 0.104 e. The molecule has 1 rings (SSSR count). The van der Waals surface area contributed by atoms with Gasteiger partial charge >= 0.3 is 0 Å². The molecule has 0 saturated carbocycles. The van der Waals surface area contributed by atoms with Crippen LogP contribution in [0.4, 0.5) is 0 Å². The summed E-state index contributed by atoms with van der Waals surface area (Å²) in [6.07, 6.45) is 3.81. The quantitative estimate of drug-likeness (QED) is 0.499. The molecular formula is C12H20O2. The molecule has 1 heterocycles. The third-order valence-corrected chi connectivity index (χ3v) is 3.96. The molecule has 0 aliphatic carbocycles. The Morgan fingerprint density at radius 1 is 1.07 bits per heavy atom. The molecule has 1 aliphatic rings. The Balaban J connectivity index is 3.20.